The quantitative estimate of drug-likeness (QED) is 0.623. The Morgan fingerprint density at radius 3 is 2.80 bits per heavy atom. The first-order chi connectivity index (χ1) is 9.71. The summed E-state index contributed by atoms with van der Waals surface area (Å²) in [6, 6.07) is -0.298. The topological polar surface area (TPSA) is 71.0 Å². The van der Waals surface area contributed by atoms with Crippen molar-refractivity contribution >= 4 is 0 Å². The lowest BCUT2D eigenvalue weighted by Crippen LogP contribution is -2.47. The summed E-state index contributed by atoms with van der Waals surface area (Å²) in [5, 5.41) is 23.7. The maximum Gasteiger partial charge on any atom is 0.121 e. The number of rotatable bonds is 0. The van der Waals surface area contributed by atoms with Crippen molar-refractivity contribution in [1.29, 1.82) is 0 Å². The highest BCUT2D eigenvalue weighted by atomic mass is 16.5. The minimum absolute atomic E-state index is 0.247. The Balaban J connectivity index is 1.86. The van der Waals surface area contributed by atoms with Gasteiger partial charge in [0.05, 0.1) is 18.2 Å². The predicted molar refractivity (Wildman–Crippen MR) is 72.5 cm³/mol. The van der Waals surface area contributed by atoms with Gasteiger partial charge in [-0.1, -0.05) is 0 Å². The molecule has 3 aliphatic heterocycles. The zero-order chi connectivity index (χ0) is 13.7. The molecule has 108 valence electrons. The maximum absolute atomic E-state index is 10.3. The molecule has 5 heteroatoms. The predicted octanol–water partition coefficient (Wildman–Crippen LogP) is 1.35. The van der Waals surface area contributed by atoms with Crippen LogP contribution in [-0.4, -0.2) is 48.2 Å². The standard InChI is InChI=1S/C15H19NO4/c17-10-1-2-11(18)14-12(10)13-9(7-16-14)8-20-15(13)3-5-19-6-4-15/h1-2,9,14,16-18H,3-8H2. The Labute approximate surface area is 117 Å². The molecule has 2 atom stereocenters. The van der Waals surface area contributed by atoms with Gasteiger partial charge in [0.2, 0.25) is 0 Å². The fourth-order valence-electron chi connectivity index (χ4n) is 3.94. The highest BCUT2D eigenvalue weighted by Gasteiger charge is 2.51. The molecule has 1 spiro atoms. The molecule has 0 aromatic carbocycles. The molecule has 0 aromatic heterocycles. The average molecular weight is 277 g/mol. The second kappa shape index (κ2) is 4.35. The van der Waals surface area contributed by atoms with Gasteiger partial charge in [0, 0.05) is 44.1 Å². The van der Waals surface area contributed by atoms with E-state index in [1.54, 1.807) is 12.2 Å². The molecular weight excluding hydrogens is 258 g/mol. The van der Waals surface area contributed by atoms with Crippen LogP contribution >= 0.6 is 0 Å². The van der Waals surface area contributed by atoms with Gasteiger partial charge in [0.1, 0.15) is 11.5 Å². The third-order valence-electron chi connectivity index (χ3n) is 4.89. The third kappa shape index (κ3) is 1.60. The van der Waals surface area contributed by atoms with Gasteiger partial charge in [-0.15, -0.1) is 0 Å². The molecule has 0 radical (unpaired) electrons. The molecular formula is C15H19NO4. The second-order valence-electron chi connectivity index (χ2n) is 5.93. The van der Waals surface area contributed by atoms with E-state index in [-0.39, 0.29) is 29.1 Å². The van der Waals surface area contributed by atoms with Gasteiger partial charge in [-0.3, -0.25) is 0 Å². The second-order valence-corrected chi connectivity index (χ2v) is 5.93. The average Bonchev–Trinajstić information content (AvgIpc) is 2.82. The molecule has 3 N–H and O–H groups in total. The minimum Gasteiger partial charge on any atom is -0.510 e. The lowest BCUT2D eigenvalue weighted by Gasteiger charge is -2.40. The van der Waals surface area contributed by atoms with Crippen LogP contribution in [0, 0.1) is 5.92 Å². The van der Waals surface area contributed by atoms with Crippen molar-refractivity contribution < 1.29 is 19.7 Å². The summed E-state index contributed by atoms with van der Waals surface area (Å²) in [4.78, 5) is 0. The van der Waals surface area contributed by atoms with Crippen molar-refractivity contribution in [2.75, 3.05) is 26.4 Å². The molecule has 0 aromatic rings. The van der Waals surface area contributed by atoms with Crippen molar-refractivity contribution in [2.24, 2.45) is 5.92 Å². The van der Waals surface area contributed by atoms with Gasteiger partial charge in [-0.2, -0.15) is 0 Å². The van der Waals surface area contributed by atoms with Crippen molar-refractivity contribution in [1.82, 2.24) is 5.32 Å². The summed E-state index contributed by atoms with van der Waals surface area (Å²) in [5.41, 5.74) is 1.69. The van der Waals surface area contributed by atoms with E-state index in [1.807, 2.05) is 0 Å². The van der Waals surface area contributed by atoms with Gasteiger partial charge in [0.15, 0.2) is 0 Å². The SMILES string of the molecule is OC1=CC=C(O)C2NCC3COC4(CCOCC4)C3=C12. The van der Waals surface area contributed by atoms with Crippen molar-refractivity contribution in [3.05, 3.63) is 34.8 Å². The Kier molecular flexibility index (Phi) is 2.70. The number of ether oxygens (including phenoxy) is 2. The summed E-state index contributed by atoms with van der Waals surface area (Å²) in [6.07, 6.45) is 4.78. The highest BCUT2D eigenvalue weighted by Crippen LogP contribution is 2.48. The largest absolute Gasteiger partial charge is 0.510 e. The molecule has 0 amide bonds. The van der Waals surface area contributed by atoms with Gasteiger partial charge >= 0.3 is 0 Å². The maximum atomic E-state index is 10.3. The Morgan fingerprint density at radius 1 is 1.20 bits per heavy atom. The van der Waals surface area contributed by atoms with Crippen LogP contribution in [-0.2, 0) is 9.47 Å². The summed E-state index contributed by atoms with van der Waals surface area (Å²) in [5.74, 6) is 0.787. The summed E-state index contributed by atoms with van der Waals surface area (Å²) >= 11 is 0. The first-order valence-electron chi connectivity index (χ1n) is 7.21. The number of allylic oxidation sites excluding steroid dienone is 2. The molecule has 3 heterocycles. The van der Waals surface area contributed by atoms with Gasteiger partial charge in [-0.05, 0) is 17.7 Å². The monoisotopic (exact) mass is 277 g/mol. The molecule has 2 saturated heterocycles. The fraction of sp³-hybridized carbons (Fsp3) is 0.600. The van der Waals surface area contributed by atoms with Crippen LogP contribution in [0.5, 0.6) is 0 Å². The zero-order valence-corrected chi connectivity index (χ0v) is 11.3. The number of hydrogen-bond acceptors (Lipinski definition) is 5. The van der Waals surface area contributed by atoms with E-state index >= 15 is 0 Å². The molecule has 2 fully saturated rings. The van der Waals surface area contributed by atoms with E-state index in [0.717, 1.165) is 25.0 Å². The fourth-order valence-corrected chi connectivity index (χ4v) is 3.94. The minimum atomic E-state index is -0.307. The van der Waals surface area contributed by atoms with E-state index in [9.17, 15) is 10.2 Å². The molecule has 5 nitrogen and oxygen atoms in total. The molecule has 0 saturated carbocycles. The van der Waals surface area contributed by atoms with Gasteiger partial charge in [-0.25, -0.2) is 0 Å². The smallest absolute Gasteiger partial charge is 0.121 e. The van der Waals surface area contributed by atoms with Crippen LogP contribution in [0.4, 0.5) is 0 Å². The molecule has 0 bridgehead atoms. The Hall–Kier alpha value is -1.30. The zero-order valence-electron chi connectivity index (χ0n) is 11.3. The van der Waals surface area contributed by atoms with E-state index in [2.05, 4.69) is 5.32 Å². The van der Waals surface area contributed by atoms with E-state index < -0.39 is 0 Å². The van der Waals surface area contributed by atoms with Gasteiger partial charge < -0.3 is 25.0 Å². The van der Waals surface area contributed by atoms with Crippen LogP contribution in [0.2, 0.25) is 0 Å². The molecule has 4 aliphatic rings. The first-order valence-corrected chi connectivity index (χ1v) is 7.21. The molecule has 2 unspecified atom stereocenters. The number of hydrogen-bond donors (Lipinski definition) is 3. The summed E-state index contributed by atoms with van der Waals surface area (Å²) in [6.45, 7) is 2.83. The molecule has 20 heavy (non-hydrogen) atoms. The van der Waals surface area contributed by atoms with Gasteiger partial charge in [0.25, 0.3) is 0 Å². The third-order valence-corrected chi connectivity index (χ3v) is 4.89. The number of aliphatic hydroxyl groups excluding tert-OH is 2. The van der Waals surface area contributed by atoms with Crippen molar-refractivity contribution in [3.63, 3.8) is 0 Å². The van der Waals surface area contributed by atoms with Crippen molar-refractivity contribution in [2.45, 2.75) is 24.5 Å². The van der Waals surface area contributed by atoms with Crippen LogP contribution in [0.25, 0.3) is 0 Å². The van der Waals surface area contributed by atoms with E-state index in [4.69, 9.17) is 9.47 Å². The summed E-state index contributed by atoms with van der Waals surface area (Å²) < 4.78 is 11.6. The van der Waals surface area contributed by atoms with E-state index in [0.29, 0.717) is 19.8 Å². The van der Waals surface area contributed by atoms with Crippen LogP contribution < -0.4 is 5.32 Å². The van der Waals surface area contributed by atoms with Crippen LogP contribution in [0.3, 0.4) is 0 Å². The van der Waals surface area contributed by atoms with E-state index in [1.165, 1.54) is 5.57 Å². The Bertz CT molecular complexity index is 528. The highest BCUT2D eigenvalue weighted by molar-refractivity contribution is 5.51. The normalized spacial score (nSPS) is 35.4. The molecule has 1 aliphatic carbocycles. The lowest BCUT2D eigenvalue weighted by atomic mass is 9.74. The number of fused-ring (bicyclic) bond motifs is 3. The number of aliphatic hydroxyl groups is 2. The lowest BCUT2D eigenvalue weighted by molar-refractivity contribution is -0.0624. The Morgan fingerprint density at radius 2 is 2.00 bits per heavy atom. The van der Waals surface area contributed by atoms with Crippen molar-refractivity contribution in [3.8, 4) is 0 Å². The molecule has 4 rings (SSSR count). The van der Waals surface area contributed by atoms with Crippen LogP contribution in [0.1, 0.15) is 12.8 Å². The first kappa shape index (κ1) is 12.4. The summed E-state index contributed by atoms with van der Waals surface area (Å²) in [7, 11) is 0. The number of nitrogens with one attached hydrogen (secondary N) is 1. The van der Waals surface area contributed by atoms with Crippen LogP contribution in [0.15, 0.2) is 34.8 Å².